The van der Waals surface area contributed by atoms with E-state index in [2.05, 4.69) is 0 Å². The average Bonchev–Trinajstić information content (AvgIpc) is 2.74. The van der Waals surface area contributed by atoms with Crippen LogP contribution in [0.2, 0.25) is 0 Å². The van der Waals surface area contributed by atoms with E-state index in [1.165, 1.54) is 6.92 Å². The third-order valence-electron chi connectivity index (χ3n) is 2.70. The first kappa shape index (κ1) is 13.9. The maximum absolute atomic E-state index is 12.8. The van der Waals surface area contributed by atoms with E-state index in [0.29, 0.717) is 11.5 Å². The lowest BCUT2D eigenvalue weighted by Gasteiger charge is -2.19. The number of ether oxygens (including phenoxy) is 2. The van der Waals surface area contributed by atoms with Crippen LogP contribution in [0.1, 0.15) is 12.5 Å². The van der Waals surface area contributed by atoms with Gasteiger partial charge < -0.3 is 9.47 Å². The van der Waals surface area contributed by atoms with Crippen molar-refractivity contribution in [1.82, 2.24) is 5.32 Å². The van der Waals surface area contributed by atoms with Crippen LogP contribution in [0.3, 0.4) is 0 Å². The van der Waals surface area contributed by atoms with Crippen LogP contribution < -0.4 is 14.8 Å². The van der Waals surface area contributed by atoms with Crippen LogP contribution in [0.15, 0.2) is 18.2 Å². The van der Waals surface area contributed by atoms with E-state index in [-0.39, 0.29) is 13.2 Å². The monoisotopic (exact) mass is 279 g/mol. The van der Waals surface area contributed by atoms with Gasteiger partial charge in [0.05, 0.1) is 0 Å². The minimum absolute atomic E-state index is 0.132. The molecule has 19 heavy (non-hydrogen) atoms. The molecule has 106 valence electrons. The highest BCUT2D eigenvalue weighted by atomic mass is 19.4. The number of alkyl halides is 4. The molecule has 0 amide bonds. The second kappa shape index (κ2) is 5.24. The van der Waals surface area contributed by atoms with E-state index >= 15 is 0 Å². The van der Waals surface area contributed by atoms with E-state index < -0.39 is 18.5 Å². The molecule has 1 heterocycles. The number of halogens is 4. The van der Waals surface area contributed by atoms with Crippen molar-refractivity contribution in [2.24, 2.45) is 0 Å². The van der Waals surface area contributed by atoms with E-state index in [4.69, 9.17) is 9.47 Å². The van der Waals surface area contributed by atoms with Crippen LogP contribution in [0.4, 0.5) is 17.6 Å². The van der Waals surface area contributed by atoms with Gasteiger partial charge in [0.2, 0.25) is 13.1 Å². The van der Waals surface area contributed by atoms with Gasteiger partial charge in [-0.3, -0.25) is 5.32 Å². The Kier molecular flexibility index (Phi) is 3.84. The van der Waals surface area contributed by atoms with Gasteiger partial charge in [-0.05, 0) is 31.0 Å². The summed E-state index contributed by atoms with van der Waals surface area (Å²) >= 11 is 0. The minimum atomic E-state index is -4.89. The minimum Gasteiger partial charge on any atom is -0.454 e. The summed E-state index contributed by atoms with van der Waals surface area (Å²) in [5.74, 6) is 1.15. The van der Waals surface area contributed by atoms with Crippen LogP contribution in [0.25, 0.3) is 0 Å². The molecule has 0 aliphatic carbocycles. The number of rotatable bonds is 4. The Morgan fingerprint density at radius 2 is 1.95 bits per heavy atom. The van der Waals surface area contributed by atoms with E-state index in [9.17, 15) is 17.6 Å². The summed E-state index contributed by atoms with van der Waals surface area (Å²) in [5, 5.41) is 1.87. The Labute approximate surface area is 107 Å². The van der Waals surface area contributed by atoms with Crippen molar-refractivity contribution >= 4 is 0 Å². The highest BCUT2D eigenvalue weighted by Crippen LogP contribution is 2.32. The number of hydrogen-bond acceptors (Lipinski definition) is 3. The van der Waals surface area contributed by atoms with Crippen molar-refractivity contribution in [2.75, 3.05) is 6.79 Å². The topological polar surface area (TPSA) is 30.5 Å². The van der Waals surface area contributed by atoms with Crippen LogP contribution in [-0.4, -0.2) is 25.3 Å². The molecule has 0 fully saturated rings. The van der Waals surface area contributed by atoms with Crippen molar-refractivity contribution in [1.29, 1.82) is 0 Å². The summed E-state index contributed by atoms with van der Waals surface area (Å²) in [7, 11) is 0. The lowest BCUT2D eigenvalue weighted by Crippen LogP contribution is -2.44. The Morgan fingerprint density at radius 3 is 2.63 bits per heavy atom. The van der Waals surface area contributed by atoms with Gasteiger partial charge in [-0.15, -0.1) is 0 Å². The first-order valence-corrected chi connectivity index (χ1v) is 5.71. The highest BCUT2D eigenvalue weighted by molar-refractivity contribution is 5.44. The molecule has 0 bridgehead atoms. The summed E-state index contributed by atoms with van der Waals surface area (Å²) in [6.07, 6.45) is -7.65. The quantitative estimate of drug-likeness (QED) is 0.679. The predicted molar refractivity (Wildman–Crippen MR) is 59.8 cm³/mol. The van der Waals surface area contributed by atoms with E-state index in [1.54, 1.807) is 18.2 Å². The van der Waals surface area contributed by atoms with Crippen LogP contribution in [-0.2, 0) is 6.42 Å². The maximum atomic E-state index is 12.8. The van der Waals surface area contributed by atoms with Gasteiger partial charge in [0.25, 0.3) is 0 Å². The number of fused-ring (bicyclic) bond motifs is 1. The lowest BCUT2D eigenvalue weighted by molar-refractivity contribution is -0.191. The van der Waals surface area contributed by atoms with E-state index in [0.717, 1.165) is 5.56 Å². The molecule has 2 rings (SSSR count). The van der Waals surface area contributed by atoms with E-state index in [1.807, 2.05) is 5.32 Å². The Bertz CT molecular complexity index is 450. The molecule has 2 unspecified atom stereocenters. The summed E-state index contributed by atoms with van der Waals surface area (Å²) in [5.41, 5.74) is 0.749. The molecule has 1 aliphatic heterocycles. The second-order valence-corrected chi connectivity index (χ2v) is 4.36. The van der Waals surface area contributed by atoms with Crippen LogP contribution in [0, 0.1) is 0 Å². The molecule has 2 atom stereocenters. The molecule has 0 spiro atoms. The average molecular weight is 279 g/mol. The smallest absolute Gasteiger partial charge is 0.433 e. The van der Waals surface area contributed by atoms with Crippen LogP contribution in [0.5, 0.6) is 11.5 Å². The molecular formula is C12H13F4NO2. The first-order valence-electron chi connectivity index (χ1n) is 5.71. The Morgan fingerprint density at radius 1 is 1.26 bits per heavy atom. The van der Waals surface area contributed by atoms with Gasteiger partial charge in [-0.1, -0.05) is 6.07 Å². The summed E-state index contributed by atoms with van der Waals surface area (Å²) < 4.78 is 59.2. The van der Waals surface area contributed by atoms with Gasteiger partial charge in [-0.2, -0.15) is 13.2 Å². The van der Waals surface area contributed by atoms with Gasteiger partial charge in [0.1, 0.15) is 0 Å². The predicted octanol–water partition coefficient (Wildman–Crippen LogP) is 2.79. The van der Waals surface area contributed by atoms with Gasteiger partial charge in [0.15, 0.2) is 11.5 Å². The first-order chi connectivity index (χ1) is 8.86. The maximum Gasteiger partial charge on any atom is 0.433 e. The molecule has 3 nitrogen and oxygen atoms in total. The summed E-state index contributed by atoms with van der Waals surface area (Å²) in [4.78, 5) is 0. The zero-order chi connectivity index (χ0) is 14.0. The molecule has 1 aromatic rings. The Hall–Kier alpha value is -1.50. The van der Waals surface area contributed by atoms with Crippen LogP contribution >= 0.6 is 0 Å². The fraction of sp³-hybridized carbons (Fsp3) is 0.500. The zero-order valence-corrected chi connectivity index (χ0v) is 10.1. The number of nitrogens with one attached hydrogen (secondary N) is 1. The largest absolute Gasteiger partial charge is 0.454 e. The molecule has 0 radical (unpaired) electrons. The van der Waals surface area contributed by atoms with Crippen molar-refractivity contribution in [3.63, 3.8) is 0 Å². The molecule has 0 aromatic heterocycles. The fourth-order valence-electron chi connectivity index (χ4n) is 1.82. The standard InChI is InChI=1S/C12H13F4NO2/c1-7(17-11(13)12(14,15)16)4-8-2-3-9-10(5-8)19-6-18-9/h2-3,5,7,11,17H,4,6H2,1H3. The van der Waals surface area contributed by atoms with Crippen molar-refractivity contribution in [3.8, 4) is 11.5 Å². The third-order valence-corrected chi connectivity index (χ3v) is 2.70. The SMILES string of the molecule is CC(Cc1ccc2c(c1)OCO2)NC(F)C(F)(F)F. The zero-order valence-electron chi connectivity index (χ0n) is 10.1. The lowest BCUT2D eigenvalue weighted by atomic mass is 10.1. The third kappa shape index (κ3) is 3.50. The molecule has 1 aromatic carbocycles. The van der Waals surface area contributed by atoms with Gasteiger partial charge in [0, 0.05) is 6.04 Å². The van der Waals surface area contributed by atoms with Crippen molar-refractivity contribution in [2.45, 2.75) is 31.9 Å². The van der Waals surface area contributed by atoms with Crippen molar-refractivity contribution < 1.29 is 27.0 Å². The normalized spacial score (nSPS) is 17.3. The number of hydrogen-bond donors (Lipinski definition) is 1. The highest BCUT2D eigenvalue weighted by Gasteiger charge is 2.40. The summed E-state index contributed by atoms with van der Waals surface area (Å²) in [6.45, 7) is 1.62. The molecule has 7 heteroatoms. The van der Waals surface area contributed by atoms with Crippen molar-refractivity contribution in [3.05, 3.63) is 23.8 Å². The molecule has 1 aliphatic rings. The molecular weight excluding hydrogens is 266 g/mol. The molecule has 0 saturated heterocycles. The summed E-state index contributed by atoms with van der Waals surface area (Å²) in [6, 6.07) is 4.42. The van der Waals surface area contributed by atoms with Gasteiger partial charge in [-0.25, -0.2) is 4.39 Å². The molecule has 0 saturated carbocycles. The van der Waals surface area contributed by atoms with Gasteiger partial charge >= 0.3 is 6.18 Å². The number of benzene rings is 1. The fourth-order valence-corrected chi connectivity index (χ4v) is 1.82. The Balaban J connectivity index is 1.94. The molecule has 1 N–H and O–H groups in total. The second-order valence-electron chi connectivity index (χ2n) is 4.36.